The third kappa shape index (κ3) is 2.95. The van der Waals surface area contributed by atoms with E-state index in [1.54, 1.807) is 26.0 Å². The minimum atomic E-state index is -4.47. The van der Waals surface area contributed by atoms with E-state index in [4.69, 9.17) is 0 Å². The molecular weight excluding hydrogens is 293 g/mol. The van der Waals surface area contributed by atoms with Crippen molar-refractivity contribution in [2.24, 2.45) is 0 Å². The van der Waals surface area contributed by atoms with Gasteiger partial charge in [-0.05, 0) is 0 Å². The molecule has 0 saturated carbocycles. The monoisotopic (exact) mass is 304 g/mol. The summed E-state index contributed by atoms with van der Waals surface area (Å²) in [6.07, 6.45) is -3.35. The first-order valence-electron chi connectivity index (χ1n) is 5.46. The first-order chi connectivity index (χ1) is 9.31. The van der Waals surface area contributed by atoms with Gasteiger partial charge in [0.15, 0.2) is 10.8 Å². The van der Waals surface area contributed by atoms with Crippen molar-refractivity contribution in [3.63, 3.8) is 0 Å². The number of thiazole rings is 1. The van der Waals surface area contributed by atoms with Gasteiger partial charge in [-0.1, -0.05) is 0 Å². The maximum atomic E-state index is 12.5. The summed E-state index contributed by atoms with van der Waals surface area (Å²) in [4.78, 5) is 17.5. The predicted octanol–water partition coefficient (Wildman–Crippen LogP) is 2.12. The van der Waals surface area contributed by atoms with Crippen molar-refractivity contribution in [1.29, 1.82) is 0 Å². The van der Waals surface area contributed by atoms with Crippen LogP contribution < -0.4 is 10.2 Å². The number of nitrogens with zero attached hydrogens (tertiary/aromatic N) is 5. The zero-order valence-corrected chi connectivity index (χ0v) is 11.7. The van der Waals surface area contributed by atoms with E-state index in [1.807, 2.05) is 0 Å². The Hall–Kier alpha value is -1.97. The van der Waals surface area contributed by atoms with Crippen LogP contribution in [0.1, 0.15) is 5.01 Å². The Bertz CT molecular complexity index is 609. The minimum absolute atomic E-state index is 0.154. The summed E-state index contributed by atoms with van der Waals surface area (Å²) in [5.74, 6) is 0.781. The number of rotatable bonds is 3. The Balaban J connectivity index is 2.46. The standard InChI is InChI=1S/C10H11F3N6S/c1-14-8-16-6(17-9(18-8)19(2)3)5-4-15-7(20-5)10(11,12)13/h4H,1-3H3,(H,14,16,17,18). The van der Waals surface area contributed by atoms with Crippen LogP contribution in [0.4, 0.5) is 25.1 Å². The van der Waals surface area contributed by atoms with E-state index in [9.17, 15) is 13.2 Å². The van der Waals surface area contributed by atoms with Crippen LogP contribution in [0.25, 0.3) is 10.7 Å². The van der Waals surface area contributed by atoms with E-state index >= 15 is 0 Å². The van der Waals surface area contributed by atoms with Gasteiger partial charge in [-0.2, -0.15) is 28.1 Å². The maximum Gasteiger partial charge on any atom is 0.443 e. The lowest BCUT2D eigenvalue weighted by Gasteiger charge is -2.11. The number of hydrogen-bond donors (Lipinski definition) is 1. The van der Waals surface area contributed by atoms with E-state index in [0.29, 0.717) is 17.3 Å². The molecule has 0 aliphatic carbocycles. The van der Waals surface area contributed by atoms with Crippen LogP contribution in [0, 0.1) is 0 Å². The summed E-state index contributed by atoms with van der Waals surface area (Å²) in [6.45, 7) is 0. The van der Waals surface area contributed by atoms with Crippen LogP contribution in [0.2, 0.25) is 0 Å². The second-order valence-corrected chi connectivity index (χ2v) is 4.99. The molecule has 0 bridgehead atoms. The van der Waals surface area contributed by atoms with Crippen LogP contribution >= 0.6 is 11.3 Å². The highest BCUT2D eigenvalue weighted by Gasteiger charge is 2.35. The second kappa shape index (κ2) is 5.19. The van der Waals surface area contributed by atoms with Crippen molar-refractivity contribution in [2.45, 2.75) is 6.18 Å². The van der Waals surface area contributed by atoms with Crippen LogP contribution in [0.15, 0.2) is 6.20 Å². The first kappa shape index (κ1) is 14.4. The summed E-state index contributed by atoms with van der Waals surface area (Å²) in [5, 5.41) is 1.82. The molecule has 0 aliphatic rings. The smallest absolute Gasteiger partial charge is 0.357 e. The van der Waals surface area contributed by atoms with Gasteiger partial charge in [-0.15, -0.1) is 11.3 Å². The van der Waals surface area contributed by atoms with Crippen molar-refractivity contribution >= 4 is 23.2 Å². The highest BCUT2D eigenvalue weighted by atomic mass is 32.1. The van der Waals surface area contributed by atoms with Gasteiger partial charge in [0.1, 0.15) is 0 Å². The third-order valence-electron chi connectivity index (χ3n) is 2.22. The third-order valence-corrected chi connectivity index (χ3v) is 3.25. The lowest BCUT2D eigenvalue weighted by molar-refractivity contribution is -0.137. The fourth-order valence-electron chi connectivity index (χ4n) is 1.30. The normalized spacial score (nSPS) is 11.5. The molecule has 0 saturated heterocycles. The number of alkyl halides is 3. The number of nitrogens with one attached hydrogen (secondary N) is 1. The Labute approximate surface area is 116 Å². The number of halogens is 3. The molecule has 0 fully saturated rings. The molecule has 2 heterocycles. The van der Waals surface area contributed by atoms with E-state index in [0.717, 1.165) is 6.20 Å². The first-order valence-corrected chi connectivity index (χ1v) is 6.27. The molecule has 0 spiro atoms. The number of aromatic nitrogens is 4. The van der Waals surface area contributed by atoms with Gasteiger partial charge >= 0.3 is 6.18 Å². The largest absolute Gasteiger partial charge is 0.443 e. The summed E-state index contributed by atoms with van der Waals surface area (Å²) in [6, 6.07) is 0. The molecule has 0 aliphatic heterocycles. The lowest BCUT2D eigenvalue weighted by atomic mass is 10.5. The predicted molar refractivity (Wildman–Crippen MR) is 69.8 cm³/mol. The molecule has 20 heavy (non-hydrogen) atoms. The highest BCUT2D eigenvalue weighted by Crippen LogP contribution is 2.35. The van der Waals surface area contributed by atoms with Crippen molar-refractivity contribution in [3.8, 4) is 10.7 Å². The van der Waals surface area contributed by atoms with E-state index < -0.39 is 11.2 Å². The molecular formula is C10H11F3N6S. The van der Waals surface area contributed by atoms with Crippen molar-refractivity contribution < 1.29 is 13.2 Å². The summed E-state index contributed by atoms with van der Waals surface area (Å²) in [7, 11) is 5.07. The van der Waals surface area contributed by atoms with E-state index in [1.165, 1.54) is 0 Å². The highest BCUT2D eigenvalue weighted by molar-refractivity contribution is 7.15. The van der Waals surface area contributed by atoms with Gasteiger partial charge in [0.05, 0.1) is 4.88 Å². The van der Waals surface area contributed by atoms with Crippen LogP contribution in [0.3, 0.4) is 0 Å². The van der Waals surface area contributed by atoms with Crippen molar-refractivity contribution in [3.05, 3.63) is 11.2 Å². The molecule has 2 aromatic rings. The Kier molecular flexibility index (Phi) is 3.75. The molecule has 6 nitrogen and oxygen atoms in total. The second-order valence-electron chi connectivity index (χ2n) is 3.95. The zero-order valence-electron chi connectivity index (χ0n) is 10.9. The number of anilines is 2. The molecule has 2 aromatic heterocycles. The molecule has 0 atom stereocenters. The van der Waals surface area contributed by atoms with E-state index in [2.05, 4.69) is 25.3 Å². The van der Waals surface area contributed by atoms with Crippen molar-refractivity contribution in [1.82, 2.24) is 19.9 Å². The molecule has 0 aromatic carbocycles. The molecule has 2 rings (SSSR count). The summed E-state index contributed by atoms with van der Waals surface area (Å²) >= 11 is 0.497. The van der Waals surface area contributed by atoms with Gasteiger partial charge in [0, 0.05) is 27.3 Å². The van der Waals surface area contributed by atoms with Gasteiger partial charge in [-0.25, -0.2) is 4.98 Å². The molecule has 0 radical (unpaired) electrons. The van der Waals surface area contributed by atoms with Crippen LogP contribution in [-0.4, -0.2) is 41.1 Å². The Morgan fingerprint density at radius 1 is 1.20 bits per heavy atom. The Morgan fingerprint density at radius 2 is 1.90 bits per heavy atom. The Morgan fingerprint density at radius 3 is 2.40 bits per heavy atom. The molecule has 1 N–H and O–H groups in total. The van der Waals surface area contributed by atoms with Gasteiger partial charge in [0.25, 0.3) is 0 Å². The number of hydrogen-bond acceptors (Lipinski definition) is 7. The van der Waals surface area contributed by atoms with Gasteiger partial charge in [-0.3, -0.25) is 0 Å². The summed E-state index contributed by atoms with van der Waals surface area (Å²) < 4.78 is 37.6. The molecule has 108 valence electrons. The topological polar surface area (TPSA) is 66.8 Å². The lowest BCUT2D eigenvalue weighted by Crippen LogP contribution is -2.15. The zero-order chi connectivity index (χ0) is 14.9. The fraction of sp³-hybridized carbons (Fsp3) is 0.400. The fourth-order valence-corrected chi connectivity index (χ4v) is 2.01. The minimum Gasteiger partial charge on any atom is -0.357 e. The van der Waals surface area contributed by atoms with Crippen LogP contribution in [0.5, 0.6) is 0 Å². The SMILES string of the molecule is CNc1nc(-c2cnc(C(F)(F)F)s2)nc(N(C)C)n1. The average molecular weight is 304 g/mol. The maximum absolute atomic E-state index is 12.5. The van der Waals surface area contributed by atoms with Gasteiger partial charge < -0.3 is 10.2 Å². The van der Waals surface area contributed by atoms with Gasteiger partial charge in [0.2, 0.25) is 11.9 Å². The summed E-state index contributed by atoms with van der Waals surface area (Å²) in [5.41, 5.74) is 0. The average Bonchev–Trinajstić information content (AvgIpc) is 2.87. The quantitative estimate of drug-likeness (QED) is 0.937. The van der Waals surface area contributed by atoms with Crippen molar-refractivity contribution in [2.75, 3.05) is 31.4 Å². The molecule has 0 amide bonds. The molecule has 0 unspecified atom stereocenters. The van der Waals surface area contributed by atoms with Crippen LogP contribution in [-0.2, 0) is 6.18 Å². The van der Waals surface area contributed by atoms with E-state index in [-0.39, 0.29) is 16.6 Å². The molecule has 10 heteroatoms.